The molecular weight excluding hydrogens is 201 g/mol. The summed E-state index contributed by atoms with van der Waals surface area (Å²) in [6.07, 6.45) is 1.89. The van der Waals surface area contributed by atoms with Crippen molar-refractivity contribution in [2.24, 2.45) is 4.99 Å². The van der Waals surface area contributed by atoms with Crippen molar-refractivity contribution in [3.63, 3.8) is 0 Å². The van der Waals surface area contributed by atoms with Crippen LogP contribution in [0.25, 0.3) is 0 Å². The molecule has 1 aliphatic rings. The molecule has 1 heterocycles. The lowest BCUT2D eigenvalue weighted by atomic mass is 10.1. The highest BCUT2D eigenvalue weighted by molar-refractivity contribution is 8.12. The maximum Gasteiger partial charge on any atom is 0.246 e. The quantitative estimate of drug-likeness (QED) is 0.712. The average molecular weight is 211 g/mol. The summed E-state index contributed by atoms with van der Waals surface area (Å²) < 4.78 is 18.6. The molecule has 4 heteroatoms. The second-order valence-corrected chi connectivity index (χ2v) is 3.70. The number of hydrogen-bond donors (Lipinski definition) is 0. The summed E-state index contributed by atoms with van der Waals surface area (Å²) in [5, 5.41) is 0.637. The van der Waals surface area contributed by atoms with E-state index in [1.54, 1.807) is 12.1 Å². The number of thioether (sulfide) groups is 1. The summed E-state index contributed by atoms with van der Waals surface area (Å²) in [5.41, 5.74) is 0.608. The third-order valence-electron chi connectivity index (χ3n) is 2.06. The first kappa shape index (κ1) is 9.52. The number of nitrogens with zero attached hydrogens (tertiary/aromatic N) is 1. The standard InChI is InChI=1S/C10H10FNOS/c1-14-10-12-9(6-13-10)7-4-2-3-5-8(7)11/h2-5,9H,6H2,1H3/t9-/m1/s1. The number of rotatable bonds is 1. The molecule has 1 aliphatic heterocycles. The first-order valence-electron chi connectivity index (χ1n) is 4.30. The van der Waals surface area contributed by atoms with Crippen molar-refractivity contribution in [3.8, 4) is 0 Å². The van der Waals surface area contributed by atoms with Gasteiger partial charge in [0.15, 0.2) is 0 Å². The molecule has 0 saturated heterocycles. The van der Waals surface area contributed by atoms with Gasteiger partial charge >= 0.3 is 0 Å². The number of halogens is 1. The highest BCUT2D eigenvalue weighted by atomic mass is 32.2. The number of ether oxygens (including phenoxy) is 1. The summed E-state index contributed by atoms with van der Waals surface area (Å²) in [4.78, 5) is 4.26. The summed E-state index contributed by atoms with van der Waals surface area (Å²) in [6, 6.07) is 6.50. The van der Waals surface area contributed by atoms with E-state index in [1.165, 1.54) is 17.8 Å². The maximum atomic E-state index is 13.3. The zero-order valence-corrected chi connectivity index (χ0v) is 8.55. The van der Waals surface area contributed by atoms with Crippen LogP contribution in [0.4, 0.5) is 4.39 Å². The largest absolute Gasteiger partial charge is 0.470 e. The molecule has 74 valence electrons. The predicted octanol–water partition coefficient (Wildman–Crippen LogP) is 2.62. The van der Waals surface area contributed by atoms with Gasteiger partial charge in [0, 0.05) is 5.56 Å². The van der Waals surface area contributed by atoms with Gasteiger partial charge in [0.05, 0.1) is 0 Å². The van der Waals surface area contributed by atoms with Gasteiger partial charge in [-0.2, -0.15) is 0 Å². The lowest BCUT2D eigenvalue weighted by Gasteiger charge is -2.05. The molecule has 0 saturated carbocycles. The Morgan fingerprint density at radius 1 is 1.50 bits per heavy atom. The first-order valence-corrected chi connectivity index (χ1v) is 5.52. The molecule has 0 spiro atoms. The van der Waals surface area contributed by atoms with Crippen LogP contribution >= 0.6 is 11.8 Å². The molecule has 0 unspecified atom stereocenters. The minimum absolute atomic E-state index is 0.182. The van der Waals surface area contributed by atoms with Crippen molar-refractivity contribution in [1.82, 2.24) is 0 Å². The highest BCUT2D eigenvalue weighted by Crippen LogP contribution is 2.27. The Morgan fingerprint density at radius 2 is 2.29 bits per heavy atom. The van der Waals surface area contributed by atoms with Crippen LogP contribution < -0.4 is 0 Å². The molecule has 0 radical (unpaired) electrons. The SMILES string of the molecule is CSC1=N[C@@H](c2ccccc2F)CO1. The van der Waals surface area contributed by atoms with Crippen molar-refractivity contribution >= 4 is 17.0 Å². The Bertz CT molecular complexity index is 367. The smallest absolute Gasteiger partial charge is 0.246 e. The van der Waals surface area contributed by atoms with E-state index in [4.69, 9.17) is 4.74 Å². The van der Waals surface area contributed by atoms with Crippen LogP contribution in [0.1, 0.15) is 11.6 Å². The molecule has 2 nitrogen and oxygen atoms in total. The van der Waals surface area contributed by atoms with Crippen LogP contribution in [0.15, 0.2) is 29.3 Å². The van der Waals surface area contributed by atoms with Crippen molar-refractivity contribution in [2.75, 3.05) is 12.9 Å². The van der Waals surface area contributed by atoms with Gasteiger partial charge in [-0.05, 0) is 12.3 Å². The second-order valence-electron chi connectivity index (χ2n) is 2.95. The molecule has 1 atom stereocenters. The summed E-state index contributed by atoms with van der Waals surface area (Å²) >= 11 is 1.44. The fourth-order valence-corrected chi connectivity index (χ4v) is 1.79. The topological polar surface area (TPSA) is 21.6 Å². The van der Waals surface area contributed by atoms with Crippen molar-refractivity contribution in [2.45, 2.75) is 6.04 Å². The average Bonchev–Trinajstić information content (AvgIpc) is 2.67. The van der Waals surface area contributed by atoms with Gasteiger partial charge in [-0.3, -0.25) is 0 Å². The Balaban J connectivity index is 2.25. The minimum atomic E-state index is -0.216. The fourth-order valence-electron chi connectivity index (χ4n) is 1.37. The van der Waals surface area contributed by atoms with E-state index in [2.05, 4.69) is 4.99 Å². The Morgan fingerprint density at radius 3 is 2.93 bits per heavy atom. The normalized spacial score (nSPS) is 20.4. The van der Waals surface area contributed by atoms with E-state index in [-0.39, 0.29) is 11.9 Å². The van der Waals surface area contributed by atoms with Gasteiger partial charge in [0.1, 0.15) is 18.5 Å². The van der Waals surface area contributed by atoms with E-state index in [9.17, 15) is 4.39 Å². The lowest BCUT2D eigenvalue weighted by molar-refractivity contribution is 0.323. The van der Waals surface area contributed by atoms with Gasteiger partial charge < -0.3 is 4.74 Å². The minimum Gasteiger partial charge on any atom is -0.470 e. The number of aliphatic imine (C=N–C) groups is 1. The molecule has 1 aromatic carbocycles. The van der Waals surface area contributed by atoms with Crippen LogP contribution in [0, 0.1) is 5.82 Å². The van der Waals surface area contributed by atoms with E-state index in [0.717, 1.165) is 0 Å². The van der Waals surface area contributed by atoms with Crippen LogP contribution in [-0.4, -0.2) is 18.1 Å². The molecule has 0 aromatic heterocycles. The van der Waals surface area contributed by atoms with Crippen LogP contribution in [0.5, 0.6) is 0 Å². The van der Waals surface area contributed by atoms with Crippen LogP contribution in [-0.2, 0) is 4.74 Å². The number of benzene rings is 1. The van der Waals surface area contributed by atoms with E-state index in [0.29, 0.717) is 17.4 Å². The van der Waals surface area contributed by atoms with E-state index in [1.807, 2.05) is 12.3 Å². The van der Waals surface area contributed by atoms with Crippen molar-refractivity contribution in [1.29, 1.82) is 0 Å². The summed E-state index contributed by atoms with van der Waals surface area (Å²) in [5.74, 6) is -0.216. The molecule has 0 fully saturated rings. The Hall–Kier alpha value is -1.03. The third-order valence-corrected chi connectivity index (χ3v) is 2.64. The van der Waals surface area contributed by atoms with E-state index >= 15 is 0 Å². The molecule has 0 bridgehead atoms. The zero-order chi connectivity index (χ0) is 9.97. The molecule has 14 heavy (non-hydrogen) atoms. The summed E-state index contributed by atoms with van der Waals surface area (Å²) in [7, 11) is 0. The van der Waals surface area contributed by atoms with Gasteiger partial charge in [0.2, 0.25) is 5.23 Å². The molecule has 0 N–H and O–H groups in total. The molecule has 0 aliphatic carbocycles. The molecule has 0 amide bonds. The van der Waals surface area contributed by atoms with E-state index < -0.39 is 0 Å². The van der Waals surface area contributed by atoms with Crippen molar-refractivity contribution < 1.29 is 9.13 Å². The van der Waals surface area contributed by atoms with Gasteiger partial charge in [-0.25, -0.2) is 9.38 Å². The van der Waals surface area contributed by atoms with Gasteiger partial charge in [-0.1, -0.05) is 30.0 Å². The Kier molecular flexibility index (Phi) is 2.72. The zero-order valence-electron chi connectivity index (χ0n) is 7.74. The molecule has 2 rings (SSSR count). The van der Waals surface area contributed by atoms with Crippen LogP contribution in [0.2, 0.25) is 0 Å². The van der Waals surface area contributed by atoms with Gasteiger partial charge in [0.25, 0.3) is 0 Å². The first-order chi connectivity index (χ1) is 6.81. The number of hydrogen-bond acceptors (Lipinski definition) is 3. The molecule has 1 aromatic rings. The fraction of sp³-hybridized carbons (Fsp3) is 0.300. The Labute approximate surface area is 86.2 Å². The summed E-state index contributed by atoms with van der Waals surface area (Å²) in [6.45, 7) is 0.442. The molecular formula is C10H10FNOS. The van der Waals surface area contributed by atoms with Gasteiger partial charge in [-0.15, -0.1) is 0 Å². The highest BCUT2D eigenvalue weighted by Gasteiger charge is 2.22. The second kappa shape index (κ2) is 4.00. The maximum absolute atomic E-state index is 13.3. The third kappa shape index (κ3) is 1.75. The monoisotopic (exact) mass is 211 g/mol. The van der Waals surface area contributed by atoms with Crippen LogP contribution in [0.3, 0.4) is 0 Å². The van der Waals surface area contributed by atoms with Crippen molar-refractivity contribution in [3.05, 3.63) is 35.6 Å². The lowest BCUT2D eigenvalue weighted by Crippen LogP contribution is -2.00. The predicted molar refractivity (Wildman–Crippen MR) is 56.0 cm³/mol.